The lowest BCUT2D eigenvalue weighted by Crippen LogP contribution is -2.50. The maximum atomic E-state index is 16.4. The van der Waals surface area contributed by atoms with Gasteiger partial charge in [0.1, 0.15) is 29.7 Å². The molecule has 11 nitrogen and oxygen atoms in total. The molecule has 4 aromatic carbocycles. The lowest BCUT2D eigenvalue weighted by molar-refractivity contribution is -0.132. The van der Waals surface area contributed by atoms with Crippen LogP contribution in [0.3, 0.4) is 0 Å². The van der Waals surface area contributed by atoms with E-state index in [0.717, 1.165) is 117 Å². The molecule has 3 N–H and O–H groups in total. The van der Waals surface area contributed by atoms with Crippen LogP contribution in [0.1, 0.15) is 108 Å². The first-order valence-electron chi connectivity index (χ1n) is 23.0. The van der Waals surface area contributed by atoms with E-state index in [0.29, 0.717) is 49.4 Å². The van der Waals surface area contributed by atoms with E-state index < -0.39 is 0 Å². The van der Waals surface area contributed by atoms with Crippen LogP contribution in [-0.4, -0.2) is 87.3 Å². The minimum atomic E-state index is -0.188. The minimum Gasteiger partial charge on any atom is -0.508 e. The number of carbonyl (C=O) groups is 3. The van der Waals surface area contributed by atoms with Crippen LogP contribution in [0.2, 0.25) is 0 Å². The predicted molar refractivity (Wildman–Crippen MR) is 241 cm³/mol. The topological polar surface area (TPSA) is 124 Å². The first kappa shape index (κ1) is 42.7. The van der Waals surface area contributed by atoms with Crippen molar-refractivity contribution in [1.29, 1.82) is 0 Å². The zero-order valence-corrected chi connectivity index (χ0v) is 36.6. The summed E-state index contributed by atoms with van der Waals surface area (Å²) in [7, 11) is 1.70. The summed E-state index contributed by atoms with van der Waals surface area (Å²) in [5.41, 5.74) is 8.20. The third-order valence-electron chi connectivity index (χ3n) is 14.7. The van der Waals surface area contributed by atoms with Gasteiger partial charge in [-0.25, -0.2) is 4.39 Å². The van der Waals surface area contributed by atoms with Crippen molar-refractivity contribution in [1.82, 2.24) is 15.5 Å². The Labute approximate surface area is 369 Å². The van der Waals surface area contributed by atoms with Gasteiger partial charge in [-0.2, -0.15) is 0 Å². The number of anilines is 2. The number of fused-ring (bicyclic) bond motifs is 4. The molecule has 1 saturated carbocycles. The maximum Gasteiger partial charge on any atom is 0.252 e. The first-order chi connectivity index (χ1) is 30.6. The average molecular weight is 858 g/mol. The van der Waals surface area contributed by atoms with Crippen LogP contribution in [0, 0.1) is 17.2 Å². The van der Waals surface area contributed by atoms with Crippen molar-refractivity contribution >= 4 is 29.1 Å². The van der Waals surface area contributed by atoms with Crippen molar-refractivity contribution in [2.45, 2.75) is 83.1 Å². The SMILES string of the molecule is CCN(CCN1CCOc2c1ccc1c2CNC1=O)CC1CC2(CCN(c3cc(OC)c(C4c5ccc(O)cc5CCC4c4ccccc4)cc3F)CC2)C1.O=C1CCCC(=O)N1. The number of ether oxygens (including phenoxy) is 2. The molecule has 2 saturated heterocycles. The van der Waals surface area contributed by atoms with E-state index in [2.05, 4.69) is 62.6 Å². The molecule has 63 heavy (non-hydrogen) atoms. The van der Waals surface area contributed by atoms with Crippen molar-refractivity contribution < 1.29 is 33.4 Å². The second kappa shape index (κ2) is 18.2. The second-order valence-corrected chi connectivity index (χ2v) is 18.4. The van der Waals surface area contributed by atoms with E-state index in [1.807, 2.05) is 30.3 Å². The number of benzene rings is 4. The number of nitrogens with one attached hydrogen (secondary N) is 2. The summed E-state index contributed by atoms with van der Waals surface area (Å²) in [6.45, 7) is 10.1. The number of methoxy groups -OCH3 is 1. The highest BCUT2D eigenvalue weighted by atomic mass is 19.1. The molecule has 10 rings (SSSR count). The molecule has 0 radical (unpaired) electrons. The van der Waals surface area contributed by atoms with Crippen LogP contribution < -0.4 is 29.9 Å². The fourth-order valence-electron chi connectivity index (χ4n) is 11.4. The molecule has 2 unspecified atom stereocenters. The van der Waals surface area contributed by atoms with Gasteiger partial charge in [0, 0.05) is 80.8 Å². The zero-order valence-electron chi connectivity index (χ0n) is 36.6. The first-order valence-corrected chi connectivity index (χ1v) is 23.0. The second-order valence-electron chi connectivity index (χ2n) is 18.4. The summed E-state index contributed by atoms with van der Waals surface area (Å²) in [4.78, 5) is 40.1. The van der Waals surface area contributed by atoms with Crippen molar-refractivity contribution in [3.63, 3.8) is 0 Å². The number of aryl methyl sites for hydroxylation is 1. The molecule has 1 spiro atoms. The number of nitrogens with zero attached hydrogens (tertiary/aromatic N) is 3. The van der Waals surface area contributed by atoms with Crippen molar-refractivity contribution in [2.75, 3.05) is 69.3 Å². The van der Waals surface area contributed by atoms with Gasteiger partial charge in [0.15, 0.2) is 0 Å². The Morgan fingerprint density at radius 2 is 1.70 bits per heavy atom. The largest absolute Gasteiger partial charge is 0.508 e. The maximum absolute atomic E-state index is 16.4. The molecular weight excluding hydrogens is 798 g/mol. The predicted octanol–water partition coefficient (Wildman–Crippen LogP) is 7.68. The summed E-state index contributed by atoms with van der Waals surface area (Å²) in [6.07, 6.45) is 8.16. The Hall–Kier alpha value is -5.62. The van der Waals surface area contributed by atoms with Crippen molar-refractivity contribution in [2.24, 2.45) is 11.3 Å². The normalized spacial score (nSPS) is 21.3. The molecule has 0 bridgehead atoms. The van der Waals surface area contributed by atoms with Gasteiger partial charge in [-0.15, -0.1) is 0 Å². The zero-order chi connectivity index (χ0) is 43.7. The number of amides is 3. The quantitative estimate of drug-likeness (QED) is 0.138. The molecule has 0 aromatic heterocycles. The van der Waals surface area contributed by atoms with E-state index in [4.69, 9.17) is 9.47 Å². The van der Waals surface area contributed by atoms with Crippen molar-refractivity contribution in [3.05, 3.63) is 112 Å². The molecule has 2 aliphatic carbocycles. The summed E-state index contributed by atoms with van der Waals surface area (Å²) in [5.74, 6) is 2.17. The van der Waals surface area contributed by atoms with Gasteiger partial charge in [-0.1, -0.05) is 43.3 Å². The Morgan fingerprint density at radius 1 is 0.921 bits per heavy atom. The van der Waals surface area contributed by atoms with E-state index in [9.17, 15) is 19.5 Å². The van der Waals surface area contributed by atoms with Gasteiger partial charge in [-0.05, 0) is 116 Å². The molecule has 4 heterocycles. The number of aromatic hydroxyl groups is 1. The van der Waals surface area contributed by atoms with E-state index in [-0.39, 0.29) is 41.1 Å². The van der Waals surface area contributed by atoms with Crippen LogP contribution in [0.25, 0.3) is 0 Å². The summed E-state index contributed by atoms with van der Waals surface area (Å²) in [6, 6.07) is 23.9. The lowest BCUT2D eigenvalue weighted by atomic mass is 9.57. The highest BCUT2D eigenvalue weighted by molar-refractivity contribution is 6.00. The third kappa shape index (κ3) is 8.83. The number of imide groups is 1. The molecule has 4 aliphatic heterocycles. The fourth-order valence-corrected chi connectivity index (χ4v) is 11.4. The number of halogens is 1. The molecule has 3 fully saturated rings. The number of phenolic OH excluding ortho intramolecular Hbond substituents is 1. The summed E-state index contributed by atoms with van der Waals surface area (Å²) < 4.78 is 28.5. The number of hydrogen-bond donors (Lipinski definition) is 3. The Bertz CT molecular complexity index is 2330. The van der Waals surface area contributed by atoms with Gasteiger partial charge in [0.2, 0.25) is 11.8 Å². The minimum absolute atomic E-state index is 0.0107. The molecule has 2 atom stereocenters. The van der Waals surface area contributed by atoms with Crippen LogP contribution in [-0.2, 0) is 22.6 Å². The molecular formula is C51H60FN5O6. The van der Waals surface area contributed by atoms with E-state index >= 15 is 4.39 Å². The monoisotopic (exact) mass is 857 g/mol. The molecule has 12 heteroatoms. The van der Waals surface area contributed by atoms with Gasteiger partial charge in [-0.3, -0.25) is 19.7 Å². The smallest absolute Gasteiger partial charge is 0.252 e. The number of likely N-dealkylation sites (N-methyl/N-ethyl adjacent to an activating group) is 1. The van der Waals surface area contributed by atoms with Crippen LogP contribution in [0.5, 0.6) is 17.2 Å². The molecule has 332 valence electrons. The van der Waals surface area contributed by atoms with Crippen LogP contribution in [0.15, 0.2) is 72.8 Å². The number of hydrogen-bond acceptors (Lipinski definition) is 9. The summed E-state index contributed by atoms with van der Waals surface area (Å²) in [5, 5.41) is 15.4. The molecule has 3 amide bonds. The van der Waals surface area contributed by atoms with E-state index in [1.54, 1.807) is 19.2 Å². The van der Waals surface area contributed by atoms with E-state index in [1.165, 1.54) is 18.4 Å². The number of carbonyl (C=O) groups excluding carboxylic acids is 3. The highest BCUT2D eigenvalue weighted by Crippen LogP contribution is 2.54. The fraction of sp³-hybridized carbons (Fsp3) is 0.471. The molecule has 6 aliphatic rings. The van der Waals surface area contributed by atoms with Gasteiger partial charge >= 0.3 is 0 Å². The third-order valence-corrected chi connectivity index (χ3v) is 14.7. The standard InChI is InChI=1S/C46H53FN4O4.C5H7NO2/c1-3-49(19-20-51-21-22-55-44-38-28-48-45(53)36(38)13-14-40(44)51)29-30-26-46(27-30)15-17-50(18-16-46)41-25-42(54-2)37(24-39(41)47)43-34(31-7-5-4-6-8-31)11-9-32-23-33(52)10-12-35(32)43;7-4-2-1-3-5(8)6-4/h4-8,10,12-14,23-25,30,34,43,52H,3,9,11,15-22,26-29H2,1-2H3,(H,48,53);1-3H2,(H,6,7,8). The average Bonchev–Trinajstić information content (AvgIpc) is 3.67. The van der Waals surface area contributed by atoms with Crippen LogP contribution >= 0.6 is 0 Å². The number of piperidine rings is 2. The Kier molecular flexibility index (Phi) is 12.4. The van der Waals surface area contributed by atoms with Crippen LogP contribution in [0.4, 0.5) is 15.8 Å². The lowest BCUT2D eigenvalue weighted by Gasteiger charge is -2.53. The highest BCUT2D eigenvalue weighted by Gasteiger charge is 2.46. The van der Waals surface area contributed by atoms with Gasteiger partial charge < -0.3 is 34.6 Å². The van der Waals surface area contributed by atoms with Gasteiger partial charge in [0.05, 0.1) is 25.0 Å². The molecule has 4 aromatic rings. The number of phenols is 1. The van der Waals surface area contributed by atoms with Gasteiger partial charge in [0.25, 0.3) is 5.91 Å². The Balaban J connectivity index is 0.000000569. The van der Waals surface area contributed by atoms with Crippen molar-refractivity contribution in [3.8, 4) is 17.2 Å². The Morgan fingerprint density at radius 3 is 2.41 bits per heavy atom. The summed E-state index contributed by atoms with van der Waals surface area (Å²) >= 11 is 0. The number of rotatable bonds is 10.